The third kappa shape index (κ3) is 3.42. The van der Waals surface area contributed by atoms with Crippen LogP contribution in [0, 0.1) is 0 Å². The molecule has 15 heavy (non-hydrogen) atoms. The number of rotatable bonds is 5. The fourth-order valence-corrected chi connectivity index (χ4v) is 1.50. The highest BCUT2D eigenvalue weighted by Gasteiger charge is 2.09. The molecule has 4 nitrogen and oxygen atoms in total. The van der Waals surface area contributed by atoms with Gasteiger partial charge in [0.25, 0.3) is 0 Å². The van der Waals surface area contributed by atoms with Gasteiger partial charge in [-0.3, -0.25) is 0 Å². The Hall–Kier alpha value is -1.26. The van der Waals surface area contributed by atoms with Gasteiger partial charge in [0.15, 0.2) is 0 Å². The number of aromatic hydroxyl groups is 1. The van der Waals surface area contributed by atoms with Crippen LogP contribution in [-0.4, -0.2) is 29.4 Å². The maximum Gasteiger partial charge on any atom is 0.120 e. The van der Waals surface area contributed by atoms with E-state index in [0.717, 1.165) is 5.56 Å². The lowest BCUT2D eigenvalue weighted by Crippen LogP contribution is -2.30. The summed E-state index contributed by atoms with van der Waals surface area (Å²) in [5.41, 5.74) is 7.13. The number of nitrogens with one attached hydrogen (secondary N) is 1. The van der Waals surface area contributed by atoms with Crippen LogP contribution in [0.15, 0.2) is 18.2 Å². The van der Waals surface area contributed by atoms with Crippen LogP contribution in [-0.2, 0) is 6.42 Å². The van der Waals surface area contributed by atoms with Crippen molar-refractivity contribution in [3.05, 3.63) is 23.8 Å². The van der Waals surface area contributed by atoms with Gasteiger partial charge in [-0.25, -0.2) is 0 Å². The van der Waals surface area contributed by atoms with E-state index in [4.69, 9.17) is 10.8 Å². The molecule has 0 aromatic heterocycles. The monoisotopic (exact) mass is 210 g/mol. The van der Waals surface area contributed by atoms with Gasteiger partial charge in [-0.05, 0) is 25.5 Å². The second-order valence-electron chi connectivity index (χ2n) is 3.63. The average Bonchev–Trinajstić information content (AvgIpc) is 2.21. The first-order valence-electron chi connectivity index (χ1n) is 5.05. The highest BCUT2D eigenvalue weighted by Crippen LogP contribution is 2.24. The number of hydrogen-bond donors (Lipinski definition) is 4. The molecule has 0 spiro atoms. The van der Waals surface area contributed by atoms with Crippen LogP contribution < -0.4 is 11.1 Å². The summed E-state index contributed by atoms with van der Waals surface area (Å²) in [4.78, 5) is 0. The first-order valence-corrected chi connectivity index (χ1v) is 5.05. The van der Waals surface area contributed by atoms with Crippen LogP contribution in [0.5, 0.6) is 5.75 Å². The molecule has 0 radical (unpaired) electrons. The Morgan fingerprint density at radius 3 is 2.80 bits per heavy atom. The highest BCUT2D eigenvalue weighted by molar-refractivity contribution is 5.53. The fraction of sp³-hybridized carbons (Fsp3) is 0.455. The van der Waals surface area contributed by atoms with Crippen LogP contribution in [0.25, 0.3) is 0 Å². The Labute approximate surface area is 89.7 Å². The topological polar surface area (TPSA) is 78.5 Å². The van der Waals surface area contributed by atoms with E-state index in [-0.39, 0.29) is 18.4 Å². The van der Waals surface area contributed by atoms with Gasteiger partial charge < -0.3 is 21.3 Å². The molecular weight excluding hydrogens is 192 g/mol. The Bertz CT molecular complexity index is 295. The lowest BCUT2D eigenvalue weighted by Gasteiger charge is -2.15. The summed E-state index contributed by atoms with van der Waals surface area (Å²) >= 11 is 0. The van der Waals surface area contributed by atoms with E-state index in [9.17, 15) is 5.11 Å². The minimum absolute atomic E-state index is 0.112. The SMILES string of the molecule is CC(Cc1c(N)cccc1O)NCCO. The molecule has 1 aromatic rings. The number of aliphatic hydroxyl groups is 1. The van der Waals surface area contributed by atoms with Crippen LogP contribution >= 0.6 is 0 Å². The Balaban J connectivity index is 2.63. The average molecular weight is 210 g/mol. The number of nitrogens with two attached hydrogens (primary N) is 1. The number of hydrogen-bond acceptors (Lipinski definition) is 4. The summed E-state index contributed by atoms with van der Waals surface area (Å²) < 4.78 is 0. The summed E-state index contributed by atoms with van der Waals surface area (Å²) in [7, 11) is 0. The molecule has 0 heterocycles. The number of phenolic OH excluding ortho intramolecular Hbond substituents is 1. The van der Waals surface area contributed by atoms with Crippen molar-refractivity contribution in [3.63, 3.8) is 0 Å². The van der Waals surface area contributed by atoms with Gasteiger partial charge in [0, 0.05) is 23.8 Å². The maximum absolute atomic E-state index is 9.61. The molecule has 1 unspecified atom stereocenters. The normalized spacial score (nSPS) is 12.7. The predicted molar refractivity (Wildman–Crippen MR) is 60.8 cm³/mol. The molecule has 0 aliphatic heterocycles. The third-order valence-corrected chi connectivity index (χ3v) is 2.30. The minimum atomic E-state index is 0.112. The Kier molecular flexibility index (Phi) is 4.39. The van der Waals surface area contributed by atoms with E-state index in [1.54, 1.807) is 18.2 Å². The molecule has 1 aromatic carbocycles. The molecule has 0 saturated carbocycles. The molecule has 0 aliphatic rings. The molecule has 5 N–H and O–H groups in total. The summed E-state index contributed by atoms with van der Waals surface area (Å²) in [6.07, 6.45) is 0.651. The van der Waals surface area contributed by atoms with Gasteiger partial charge in [0.1, 0.15) is 5.75 Å². The molecule has 4 heteroatoms. The van der Waals surface area contributed by atoms with E-state index in [1.165, 1.54) is 0 Å². The summed E-state index contributed by atoms with van der Waals surface area (Å²) in [5.74, 6) is 0.229. The predicted octanol–water partition coefficient (Wildman–Crippen LogP) is 0.487. The Morgan fingerprint density at radius 1 is 1.47 bits per heavy atom. The van der Waals surface area contributed by atoms with Crippen molar-refractivity contribution in [2.75, 3.05) is 18.9 Å². The first kappa shape index (κ1) is 11.8. The third-order valence-electron chi connectivity index (χ3n) is 2.30. The van der Waals surface area contributed by atoms with Crippen molar-refractivity contribution in [2.24, 2.45) is 0 Å². The molecular formula is C11H18N2O2. The van der Waals surface area contributed by atoms with Crippen molar-refractivity contribution in [1.29, 1.82) is 0 Å². The molecule has 0 amide bonds. The molecule has 84 valence electrons. The highest BCUT2D eigenvalue weighted by atomic mass is 16.3. The van der Waals surface area contributed by atoms with Crippen molar-refractivity contribution >= 4 is 5.69 Å². The Morgan fingerprint density at radius 2 is 2.20 bits per heavy atom. The molecule has 0 fully saturated rings. The minimum Gasteiger partial charge on any atom is -0.508 e. The standard InChI is InChI=1S/C11H18N2O2/c1-8(13-5-6-14)7-9-10(12)3-2-4-11(9)15/h2-4,8,13-15H,5-7,12H2,1H3. The van der Waals surface area contributed by atoms with Gasteiger partial charge in [-0.15, -0.1) is 0 Å². The zero-order valence-electron chi connectivity index (χ0n) is 8.90. The fourth-order valence-electron chi connectivity index (χ4n) is 1.50. The van der Waals surface area contributed by atoms with Crippen LogP contribution in [0.4, 0.5) is 5.69 Å². The van der Waals surface area contributed by atoms with Gasteiger partial charge in [0.05, 0.1) is 6.61 Å². The smallest absolute Gasteiger partial charge is 0.120 e. The van der Waals surface area contributed by atoms with Crippen molar-refractivity contribution < 1.29 is 10.2 Å². The molecule has 1 rings (SSSR count). The van der Waals surface area contributed by atoms with Gasteiger partial charge in [-0.1, -0.05) is 6.07 Å². The number of aliphatic hydroxyl groups excluding tert-OH is 1. The van der Waals surface area contributed by atoms with Gasteiger partial charge >= 0.3 is 0 Å². The quantitative estimate of drug-likeness (QED) is 0.533. The lowest BCUT2D eigenvalue weighted by molar-refractivity contribution is 0.285. The summed E-state index contributed by atoms with van der Waals surface area (Å²) in [6.45, 7) is 2.65. The number of anilines is 1. The number of benzene rings is 1. The van der Waals surface area contributed by atoms with Crippen LogP contribution in [0.2, 0.25) is 0 Å². The van der Waals surface area contributed by atoms with Crippen molar-refractivity contribution in [2.45, 2.75) is 19.4 Å². The second kappa shape index (κ2) is 5.58. The molecule has 0 bridgehead atoms. The zero-order chi connectivity index (χ0) is 11.3. The van der Waals surface area contributed by atoms with Crippen molar-refractivity contribution in [3.8, 4) is 5.75 Å². The van der Waals surface area contributed by atoms with E-state index < -0.39 is 0 Å². The summed E-state index contributed by atoms with van der Waals surface area (Å²) in [5, 5.41) is 21.4. The zero-order valence-corrected chi connectivity index (χ0v) is 8.90. The molecule has 0 saturated heterocycles. The number of phenols is 1. The van der Waals surface area contributed by atoms with Crippen molar-refractivity contribution in [1.82, 2.24) is 5.32 Å². The lowest BCUT2D eigenvalue weighted by atomic mass is 10.0. The van der Waals surface area contributed by atoms with E-state index in [1.807, 2.05) is 6.92 Å². The van der Waals surface area contributed by atoms with E-state index in [0.29, 0.717) is 18.7 Å². The maximum atomic E-state index is 9.61. The summed E-state index contributed by atoms with van der Waals surface area (Å²) in [6, 6.07) is 5.30. The van der Waals surface area contributed by atoms with Crippen LogP contribution in [0.1, 0.15) is 12.5 Å². The second-order valence-corrected chi connectivity index (χ2v) is 3.63. The first-order chi connectivity index (χ1) is 7.15. The van der Waals surface area contributed by atoms with Crippen LogP contribution in [0.3, 0.4) is 0 Å². The molecule has 1 atom stereocenters. The van der Waals surface area contributed by atoms with E-state index >= 15 is 0 Å². The number of nitrogen functional groups attached to an aromatic ring is 1. The van der Waals surface area contributed by atoms with E-state index in [2.05, 4.69) is 5.32 Å². The molecule has 0 aliphatic carbocycles. The van der Waals surface area contributed by atoms with Gasteiger partial charge in [-0.2, -0.15) is 0 Å². The van der Waals surface area contributed by atoms with Gasteiger partial charge in [0.2, 0.25) is 0 Å². The largest absolute Gasteiger partial charge is 0.508 e.